The number of carbonyl (C=O) groups is 1. The van der Waals surface area contributed by atoms with E-state index in [4.69, 9.17) is 0 Å². The molecule has 1 fully saturated rings. The van der Waals surface area contributed by atoms with E-state index in [0.717, 1.165) is 36.5 Å². The first-order valence-corrected chi connectivity index (χ1v) is 10.4. The number of amides is 1. The van der Waals surface area contributed by atoms with Gasteiger partial charge < -0.3 is 5.32 Å². The van der Waals surface area contributed by atoms with Crippen molar-refractivity contribution in [3.8, 4) is 11.1 Å². The van der Waals surface area contributed by atoms with Crippen LogP contribution >= 0.6 is 11.8 Å². The molecule has 1 aliphatic heterocycles. The number of alkyl halides is 3. The minimum absolute atomic E-state index is 0.0443. The van der Waals surface area contributed by atoms with Crippen molar-refractivity contribution >= 4 is 29.0 Å². The minimum atomic E-state index is -4.60. The first-order chi connectivity index (χ1) is 14.3. The summed E-state index contributed by atoms with van der Waals surface area (Å²) in [6.07, 6.45) is 0.510. The van der Waals surface area contributed by atoms with E-state index < -0.39 is 28.3 Å². The summed E-state index contributed by atoms with van der Waals surface area (Å²) >= 11 is 1.86. The highest BCUT2D eigenvalue weighted by Gasteiger charge is 2.33. The van der Waals surface area contributed by atoms with Crippen molar-refractivity contribution in [2.24, 2.45) is 5.92 Å². The molecule has 0 bridgehead atoms. The van der Waals surface area contributed by atoms with Crippen LogP contribution in [0.5, 0.6) is 0 Å². The predicted molar refractivity (Wildman–Crippen MR) is 111 cm³/mol. The third-order valence-corrected chi connectivity index (χ3v) is 5.83. The second-order valence-electron chi connectivity index (χ2n) is 6.83. The largest absolute Gasteiger partial charge is 0.417 e. The molecule has 1 aliphatic rings. The van der Waals surface area contributed by atoms with Crippen LogP contribution in [0, 0.1) is 16.0 Å². The van der Waals surface area contributed by atoms with Gasteiger partial charge in [0.2, 0.25) is 5.91 Å². The van der Waals surface area contributed by atoms with Gasteiger partial charge in [0.05, 0.1) is 10.5 Å². The van der Waals surface area contributed by atoms with Crippen LogP contribution in [0.2, 0.25) is 0 Å². The van der Waals surface area contributed by atoms with Gasteiger partial charge >= 0.3 is 6.18 Å². The smallest absolute Gasteiger partial charge is 0.317 e. The minimum Gasteiger partial charge on any atom is -0.317 e. The van der Waals surface area contributed by atoms with E-state index in [2.05, 4.69) is 5.32 Å². The summed E-state index contributed by atoms with van der Waals surface area (Å²) < 4.78 is 39.8. The Morgan fingerprint density at radius 3 is 2.53 bits per heavy atom. The molecule has 1 saturated heterocycles. The summed E-state index contributed by atoms with van der Waals surface area (Å²) in [6, 6.07) is 8.49. The average Bonchev–Trinajstić information content (AvgIpc) is 2.72. The SMILES string of the molecule is O=C(/C=C/C1CCSCC1)Nc1ccc(-c2ccccc2C(F)(F)F)cc1[N+](=O)[O-]. The maximum atomic E-state index is 13.3. The van der Waals surface area contributed by atoms with Crippen molar-refractivity contribution in [3.05, 3.63) is 70.3 Å². The van der Waals surface area contributed by atoms with Crippen LogP contribution in [-0.2, 0) is 11.0 Å². The number of nitrogens with zero attached hydrogens (tertiary/aromatic N) is 1. The zero-order valence-corrected chi connectivity index (χ0v) is 16.6. The Labute approximate surface area is 175 Å². The van der Waals surface area contributed by atoms with Crippen LogP contribution in [0.4, 0.5) is 24.5 Å². The number of hydrogen-bond donors (Lipinski definition) is 1. The lowest BCUT2D eigenvalue weighted by Crippen LogP contribution is -2.12. The number of carbonyl (C=O) groups excluding carboxylic acids is 1. The molecule has 0 unspecified atom stereocenters. The summed E-state index contributed by atoms with van der Waals surface area (Å²) in [4.78, 5) is 23.0. The summed E-state index contributed by atoms with van der Waals surface area (Å²) in [5, 5.41) is 13.9. The van der Waals surface area contributed by atoms with Gasteiger partial charge in [0, 0.05) is 6.07 Å². The molecule has 0 aromatic heterocycles. The van der Waals surface area contributed by atoms with Crippen LogP contribution in [-0.4, -0.2) is 22.3 Å². The number of allylic oxidation sites excluding steroid dienone is 1. The van der Waals surface area contributed by atoms with Gasteiger partial charge in [-0.3, -0.25) is 14.9 Å². The molecule has 0 atom stereocenters. The van der Waals surface area contributed by atoms with E-state index in [-0.39, 0.29) is 16.8 Å². The fraction of sp³-hybridized carbons (Fsp3) is 0.286. The standard InChI is InChI=1S/C21H19F3N2O3S/c22-21(23,24)17-4-2-1-3-16(17)15-6-7-18(19(13-15)26(28)29)25-20(27)8-5-14-9-11-30-12-10-14/h1-8,13-14H,9-12H2,(H,25,27)/b8-5+. The summed E-state index contributed by atoms with van der Waals surface area (Å²) in [5.74, 6) is 1.85. The second-order valence-corrected chi connectivity index (χ2v) is 8.06. The number of thioether (sulfide) groups is 1. The quantitative estimate of drug-likeness (QED) is 0.359. The van der Waals surface area contributed by atoms with E-state index in [1.54, 1.807) is 6.08 Å². The Kier molecular flexibility index (Phi) is 6.81. The van der Waals surface area contributed by atoms with Crippen molar-refractivity contribution in [3.63, 3.8) is 0 Å². The molecule has 30 heavy (non-hydrogen) atoms. The molecule has 0 aliphatic carbocycles. The normalized spacial score (nSPS) is 15.3. The number of nitro groups is 1. The van der Waals surface area contributed by atoms with Gasteiger partial charge in [0.15, 0.2) is 0 Å². The first-order valence-electron chi connectivity index (χ1n) is 9.27. The highest BCUT2D eigenvalue weighted by atomic mass is 32.2. The molecule has 2 aromatic carbocycles. The Balaban J connectivity index is 1.85. The lowest BCUT2D eigenvalue weighted by atomic mass is 9.98. The summed E-state index contributed by atoms with van der Waals surface area (Å²) in [7, 11) is 0. The maximum Gasteiger partial charge on any atom is 0.417 e. The molecule has 0 radical (unpaired) electrons. The molecule has 5 nitrogen and oxygen atoms in total. The molecular weight excluding hydrogens is 417 g/mol. The lowest BCUT2D eigenvalue weighted by Gasteiger charge is -2.17. The van der Waals surface area contributed by atoms with E-state index in [0.29, 0.717) is 5.92 Å². The van der Waals surface area contributed by atoms with Gasteiger partial charge in [0.1, 0.15) is 5.69 Å². The van der Waals surface area contributed by atoms with Gasteiger partial charge in [-0.05, 0) is 59.6 Å². The van der Waals surface area contributed by atoms with Crippen LogP contribution in [0.15, 0.2) is 54.6 Å². The number of nitrogens with one attached hydrogen (secondary N) is 1. The Bertz CT molecular complexity index is 970. The topological polar surface area (TPSA) is 72.2 Å². The van der Waals surface area contributed by atoms with E-state index in [1.165, 1.54) is 36.4 Å². The monoisotopic (exact) mass is 436 g/mol. The van der Waals surface area contributed by atoms with E-state index in [1.807, 2.05) is 11.8 Å². The molecule has 2 aromatic rings. The second kappa shape index (κ2) is 9.34. The molecular formula is C21H19F3N2O3S. The highest BCUT2D eigenvalue weighted by Crippen LogP contribution is 2.39. The van der Waals surface area contributed by atoms with Crippen LogP contribution in [0.3, 0.4) is 0 Å². The van der Waals surface area contributed by atoms with Gasteiger partial charge in [0.25, 0.3) is 5.69 Å². The van der Waals surface area contributed by atoms with Crippen molar-refractivity contribution in [1.82, 2.24) is 0 Å². The third-order valence-electron chi connectivity index (χ3n) is 4.78. The molecule has 0 saturated carbocycles. The fourth-order valence-corrected chi connectivity index (χ4v) is 4.39. The zero-order valence-electron chi connectivity index (χ0n) is 15.8. The zero-order chi connectivity index (χ0) is 21.7. The van der Waals surface area contributed by atoms with Crippen LogP contribution in [0.1, 0.15) is 18.4 Å². The van der Waals surface area contributed by atoms with Crippen LogP contribution < -0.4 is 5.32 Å². The maximum absolute atomic E-state index is 13.3. The number of anilines is 1. The molecule has 3 rings (SSSR count). The number of rotatable bonds is 5. The number of nitro benzene ring substituents is 1. The molecule has 1 heterocycles. The predicted octanol–water partition coefficient (Wildman–Crippen LogP) is 5.92. The van der Waals surface area contributed by atoms with E-state index >= 15 is 0 Å². The average molecular weight is 436 g/mol. The molecule has 0 spiro atoms. The molecule has 158 valence electrons. The fourth-order valence-electron chi connectivity index (χ4n) is 3.24. The van der Waals surface area contributed by atoms with E-state index in [9.17, 15) is 28.1 Å². The van der Waals surface area contributed by atoms with Crippen LogP contribution in [0.25, 0.3) is 11.1 Å². The molecule has 1 amide bonds. The summed E-state index contributed by atoms with van der Waals surface area (Å²) in [6.45, 7) is 0. The Hall–Kier alpha value is -2.81. The number of benzene rings is 2. The van der Waals surface area contributed by atoms with Gasteiger partial charge in [-0.15, -0.1) is 0 Å². The van der Waals surface area contributed by atoms with Crippen molar-refractivity contribution in [1.29, 1.82) is 0 Å². The lowest BCUT2D eigenvalue weighted by molar-refractivity contribution is -0.383. The van der Waals surface area contributed by atoms with Gasteiger partial charge in [-0.25, -0.2) is 0 Å². The Morgan fingerprint density at radius 1 is 1.17 bits per heavy atom. The van der Waals surface area contributed by atoms with Crippen molar-refractivity contribution < 1.29 is 22.9 Å². The van der Waals surface area contributed by atoms with Gasteiger partial charge in [-0.2, -0.15) is 24.9 Å². The number of halogens is 3. The first kappa shape index (κ1) is 21.9. The molecule has 9 heteroatoms. The summed E-state index contributed by atoms with van der Waals surface area (Å²) in [5.41, 5.74) is -1.55. The van der Waals surface area contributed by atoms with Crippen molar-refractivity contribution in [2.75, 3.05) is 16.8 Å². The van der Waals surface area contributed by atoms with Crippen molar-refractivity contribution in [2.45, 2.75) is 19.0 Å². The Morgan fingerprint density at radius 2 is 1.87 bits per heavy atom. The number of hydrogen-bond acceptors (Lipinski definition) is 4. The van der Waals surface area contributed by atoms with Gasteiger partial charge in [-0.1, -0.05) is 30.3 Å². The third kappa shape index (κ3) is 5.41. The highest BCUT2D eigenvalue weighted by molar-refractivity contribution is 7.99. The molecule has 1 N–H and O–H groups in total.